The van der Waals surface area contributed by atoms with Crippen molar-refractivity contribution >= 4 is 0 Å². The fourth-order valence-electron chi connectivity index (χ4n) is 3.36. The monoisotopic (exact) mass is 188 g/mol. The van der Waals surface area contributed by atoms with Crippen molar-refractivity contribution < 1.29 is 0 Å². The Balaban J connectivity index is 2.01. The maximum atomic E-state index is 6.49. The number of fused-ring (bicyclic) bond motifs is 1. The van der Waals surface area contributed by atoms with E-state index in [1.807, 2.05) is 12.4 Å². The maximum absolute atomic E-state index is 6.49. The van der Waals surface area contributed by atoms with E-state index in [9.17, 15) is 0 Å². The molecule has 1 aromatic rings. The van der Waals surface area contributed by atoms with Gasteiger partial charge in [-0.05, 0) is 48.8 Å². The highest BCUT2D eigenvalue weighted by Crippen LogP contribution is 2.64. The van der Waals surface area contributed by atoms with Gasteiger partial charge >= 0.3 is 0 Å². The summed E-state index contributed by atoms with van der Waals surface area (Å²) in [5, 5.41) is 0. The van der Waals surface area contributed by atoms with Crippen LogP contribution < -0.4 is 5.73 Å². The predicted octanol–water partition coefficient (Wildman–Crippen LogP) is 1.97. The first kappa shape index (κ1) is 8.42. The van der Waals surface area contributed by atoms with Crippen LogP contribution in [0.25, 0.3) is 0 Å². The molecule has 74 valence electrons. The van der Waals surface area contributed by atoms with Gasteiger partial charge in [-0.15, -0.1) is 0 Å². The average Bonchev–Trinajstić information content (AvgIpc) is 2.63. The van der Waals surface area contributed by atoms with Crippen LogP contribution >= 0.6 is 0 Å². The zero-order valence-electron chi connectivity index (χ0n) is 8.53. The van der Waals surface area contributed by atoms with Crippen LogP contribution in [0.3, 0.4) is 0 Å². The first-order valence-corrected chi connectivity index (χ1v) is 5.44. The second-order valence-corrected chi connectivity index (χ2v) is 4.77. The van der Waals surface area contributed by atoms with Crippen LogP contribution in [-0.2, 0) is 5.54 Å². The van der Waals surface area contributed by atoms with Crippen molar-refractivity contribution in [1.29, 1.82) is 0 Å². The van der Waals surface area contributed by atoms with Crippen LogP contribution in [0.5, 0.6) is 0 Å². The molecule has 2 N–H and O–H groups in total. The molecule has 0 radical (unpaired) electrons. The van der Waals surface area contributed by atoms with Crippen LogP contribution in [0.15, 0.2) is 18.5 Å². The summed E-state index contributed by atoms with van der Waals surface area (Å²) < 4.78 is 0. The zero-order valence-corrected chi connectivity index (χ0v) is 8.53. The van der Waals surface area contributed by atoms with Gasteiger partial charge in [0, 0.05) is 17.9 Å². The molecule has 0 saturated heterocycles. The lowest BCUT2D eigenvalue weighted by molar-refractivity contribution is 0.524. The zero-order chi connectivity index (χ0) is 9.76. The molecular weight excluding hydrogens is 172 g/mol. The van der Waals surface area contributed by atoms with Gasteiger partial charge in [0.2, 0.25) is 0 Å². The van der Waals surface area contributed by atoms with E-state index in [0.29, 0.717) is 0 Å². The normalized spacial score (nSPS) is 39.6. The van der Waals surface area contributed by atoms with Crippen molar-refractivity contribution in [3.63, 3.8) is 0 Å². The molecule has 2 heteroatoms. The molecule has 2 saturated carbocycles. The van der Waals surface area contributed by atoms with E-state index in [2.05, 4.69) is 18.0 Å². The number of aromatic nitrogens is 1. The van der Waals surface area contributed by atoms with Gasteiger partial charge in [0.05, 0.1) is 0 Å². The van der Waals surface area contributed by atoms with Crippen molar-refractivity contribution in [3.8, 4) is 0 Å². The SMILES string of the molecule is Cc1cnccc1C1(N)C2CCCC21. The Labute approximate surface area is 84.5 Å². The Morgan fingerprint density at radius 2 is 2.14 bits per heavy atom. The largest absolute Gasteiger partial charge is 0.321 e. The molecule has 0 aromatic carbocycles. The highest BCUT2D eigenvalue weighted by atomic mass is 14.9. The van der Waals surface area contributed by atoms with E-state index < -0.39 is 0 Å². The first-order valence-electron chi connectivity index (χ1n) is 5.44. The second-order valence-electron chi connectivity index (χ2n) is 4.77. The fourth-order valence-corrected chi connectivity index (χ4v) is 3.36. The van der Waals surface area contributed by atoms with Crippen LogP contribution in [0, 0.1) is 18.8 Å². The number of hydrogen-bond donors (Lipinski definition) is 1. The smallest absolute Gasteiger partial charge is 0.0477 e. The van der Waals surface area contributed by atoms with E-state index in [1.54, 1.807) is 0 Å². The van der Waals surface area contributed by atoms with Gasteiger partial charge in [0.15, 0.2) is 0 Å². The molecule has 2 unspecified atom stereocenters. The average molecular weight is 188 g/mol. The molecule has 0 spiro atoms. The third-order valence-corrected chi connectivity index (χ3v) is 4.12. The number of pyridine rings is 1. The number of nitrogens with zero attached hydrogens (tertiary/aromatic N) is 1. The Morgan fingerprint density at radius 1 is 1.43 bits per heavy atom. The number of hydrogen-bond acceptors (Lipinski definition) is 2. The summed E-state index contributed by atoms with van der Waals surface area (Å²) in [5.41, 5.74) is 9.09. The quantitative estimate of drug-likeness (QED) is 0.731. The van der Waals surface area contributed by atoms with E-state index in [1.165, 1.54) is 30.4 Å². The van der Waals surface area contributed by atoms with E-state index in [4.69, 9.17) is 5.73 Å². The minimum atomic E-state index is 0.00523. The molecule has 0 aliphatic heterocycles. The van der Waals surface area contributed by atoms with Crippen molar-refractivity contribution in [3.05, 3.63) is 29.6 Å². The molecule has 2 atom stereocenters. The topological polar surface area (TPSA) is 38.9 Å². The Hall–Kier alpha value is -0.890. The Morgan fingerprint density at radius 3 is 2.79 bits per heavy atom. The lowest BCUT2D eigenvalue weighted by Gasteiger charge is -2.17. The van der Waals surface area contributed by atoms with Crippen LogP contribution in [0.1, 0.15) is 30.4 Å². The van der Waals surface area contributed by atoms with Gasteiger partial charge in [-0.3, -0.25) is 4.98 Å². The minimum Gasteiger partial charge on any atom is -0.321 e. The number of nitrogens with two attached hydrogens (primary N) is 1. The Kier molecular flexibility index (Phi) is 1.55. The molecule has 2 nitrogen and oxygen atoms in total. The van der Waals surface area contributed by atoms with Gasteiger partial charge in [-0.1, -0.05) is 6.42 Å². The summed E-state index contributed by atoms with van der Waals surface area (Å²) in [4.78, 5) is 4.12. The predicted molar refractivity (Wildman–Crippen MR) is 55.7 cm³/mol. The van der Waals surface area contributed by atoms with Crippen molar-refractivity contribution in [1.82, 2.24) is 4.98 Å². The highest BCUT2D eigenvalue weighted by Gasteiger charge is 2.64. The first-order chi connectivity index (χ1) is 6.74. The molecule has 14 heavy (non-hydrogen) atoms. The summed E-state index contributed by atoms with van der Waals surface area (Å²) >= 11 is 0. The molecule has 2 aliphatic rings. The van der Waals surface area contributed by atoms with Crippen LogP contribution in [0.2, 0.25) is 0 Å². The highest BCUT2D eigenvalue weighted by molar-refractivity contribution is 5.39. The summed E-state index contributed by atoms with van der Waals surface area (Å²) in [6, 6.07) is 2.10. The van der Waals surface area contributed by atoms with Gasteiger partial charge in [0.1, 0.15) is 0 Å². The third-order valence-electron chi connectivity index (χ3n) is 4.12. The van der Waals surface area contributed by atoms with Gasteiger partial charge in [-0.25, -0.2) is 0 Å². The third kappa shape index (κ3) is 0.871. The van der Waals surface area contributed by atoms with Crippen LogP contribution in [0.4, 0.5) is 0 Å². The van der Waals surface area contributed by atoms with Gasteiger partial charge in [0.25, 0.3) is 0 Å². The van der Waals surface area contributed by atoms with Crippen molar-refractivity contribution in [2.24, 2.45) is 17.6 Å². The molecular formula is C12H16N2. The fraction of sp³-hybridized carbons (Fsp3) is 0.583. The summed E-state index contributed by atoms with van der Waals surface area (Å²) in [6.45, 7) is 2.12. The molecule has 1 heterocycles. The van der Waals surface area contributed by atoms with Gasteiger partial charge in [-0.2, -0.15) is 0 Å². The van der Waals surface area contributed by atoms with E-state index in [0.717, 1.165) is 11.8 Å². The number of rotatable bonds is 1. The minimum absolute atomic E-state index is 0.00523. The molecule has 1 aromatic heterocycles. The van der Waals surface area contributed by atoms with Crippen LogP contribution in [-0.4, -0.2) is 4.98 Å². The molecule has 2 aliphatic carbocycles. The lowest BCUT2D eigenvalue weighted by atomic mass is 9.94. The van der Waals surface area contributed by atoms with Crippen molar-refractivity contribution in [2.75, 3.05) is 0 Å². The van der Waals surface area contributed by atoms with Gasteiger partial charge < -0.3 is 5.73 Å². The lowest BCUT2D eigenvalue weighted by Crippen LogP contribution is -2.26. The number of aryl methyl sites for hydroxylation is 1. The molecule has 0 bridgehead atoms. The van der Waals surface area contributed by atoms with E-state index in [-0.39, 0.29) is 5.54 Å². The maximum Gasteiger partial charge on any atom is 0.0477 e. The molecule has 3 rings (SSSR count). The summed E-state index contributed by atoms with van der Waals surface area (Å²) in [6.07, 6.45) is 7.81. The second kappa shape index (κ2) is 2.57. The molecule has 0 amide bonds. The Bertz CT molecular complexity index is 362. The van der Waals surface area contributed by atoms with E-state index >= 15 is 0 Å². The standard InChI is InChI=1S/C12H16N2/c1-8-7-14-6-5-9(8)12(13)10-3-2-4-11(10)12/h5-7,10-11H,2-4,13H2,1H3. The van der Waals surface area contributed by atoms with Crippen molar-refractivity contribution in [2.45, 2.75) is 31.7 Å². The molecule has 2 fully saturated rings. The summed E-state index contributed by atoms with van der Waals surface area (Å²) in [7, 11) is 0. The summed E-state index contributed by atoms with van der Waals surface area (Å²) in [5.74, 6) is 1.51.